The van der Waals surface area contributed by atoms with Gasteiger partial charge in [-0.25, -0.2) is 10.3 Å². The molecule has 1 fully saturated rings. The second kappa shape index (κ2) is 11.2. The highest BCUT2D eigenvalue weighted by Gasteiger charge is 2.17. The molecule has 1 aromatic rings. The predicted molar refractivity (Wildman–Crippen MR) is 95.4 cm³/mol. The number of unbranched alkanes of at least 4 members (excludes halogenated alkanes) is 2. The van der Waals surface area contributed by atoms with Crippen molar-refractivity contribution in [2.24, 2.45) is 0 Å². The SMILES string of the molecule is CCCCCC(CCC(=O)NOC1CCCCO1)c1ccccc1. The quantitative estimate of drug-likeness (QED) is 0.498. The number of carbonyl (C=O) groups is 1. The van der Waals surface area contributed by atoms with Crippen molar-refractivity contribution in [1.82, 2.24) is 5.48 Å². The normalized spacial score (nSPS) is 19.0. The Balaban J connectivity index is 1.75. The maximum Gasteiger partial charge on any atom is 0.243 e. The van der Waals surface area contributed by atoms with E-state index in [2.05, 4.69) is 36.7 Å². The van der Waals surface area contributed by atoms with Crippen LogP contribution in [0.25, 0.3) is 0 Å². The summed E-state index contributed by atoms with van der Waals surface area (Å²) in [7, 11) is 0. The second-order valence-electron chi connectivity index (χ2n) is 6.58. The minimum Gasteiger partial charge on any atom is -0.350 e. The summed E-state index contributed by atoms with van der Waals surface area (Å²) in [5, 5.41) is 0. The molecule has 4 nitrogen and oxygen atoms in total. The molecule has 1 amide bonds. The number of hydrogen-bond donors (Lipinski definition) is 1. The maximum atomic E-state index is 12.1. The molecule has 1 heterocycles. The van der Waals surface area contributed by atoms with Crippen molar-refractivity contribution in [1.29, 1.82) is 0 Å². The number of amides is 1. The molecule has 0 spiro atoms. The maximum absolute atomic E-state index is 12.1. The number of nitrogens with one attached hydrogen (secondary N) is 1. The van der Waals surface area contributed by atoms with Crippen molar-refractivity contribution >= 4 is 5.91 Å². The second-order valence-corrected chi connectivity index (χ2v) is 6.58. The van der Waals surface area contributed by atoms with Crippen LogP contribution in [0.4, 0.5) is 0 Å². The Morgan fingerprint density at radius 2 is 2.08 bits per heavy atom. The molecular weight excluding hydrogens is 302 g/mol. The van der Waals surface area contributed by atoms with Gasteiger partial charge in [0.25, 0.3) is 0 Å². The Kier molecular flexibility index (Phi) is 8.85. The van der Waals surface area contributed by atoms with Crippen LogP contribution in [-0.4, -0.2) is 18.8 Å². The Morgan fingerprint density at radius 1 is 1.25 bits per heavy atom. The summed E-state index contributed by atoms with van der Waals surface area (Å²) in [6, 6.07) is 10.5. The Morgan fingerprint density at radius 3 is 2.79 bits per heavy atom. The smallest absolute Gasteiger partial charge is 0.243 e. The summed E-state index contributed by atoms with van der Waals surface area (Å²) < 4.78 is 5.45. The standard InChI is InChI=1S/C20H31NO3/c1-2-3-5-10-18(17-11-6-4-7-12-17)14-15-19(22)21-24-20-13-8-9-16-23-20/h4,6-7,11-12,18,20H,2-3,5,8-10,13-16H2,1H3,(H,21,22). The first kappa shape index (κ1) is 18.9. The van der Waals surface area contributed by atoms with Crippen molar-refractivity contribution in [3.05, 3.63) is 35.9 Å². The van der Waals surface area contributed by atoms with Gasteiger partial charge < -0.3 is 4.74 Å². The van der Waals surface area contributed by atoms with Gasteiger partial charge >= 0.3 is 0 Å². The highest BCUT2D eigenvalue weighted by Crippen LogP contribution is 2.27. The predicted octanol–water partition coefficient (Wildman–Crippen LogP) is 4.71. The van der Waals surface area contributed by atoms with E-state index in [9.17, 15) is 4.79 Å². The van der Waals surface area contributed by atoms with E-state index in [0.717, 1.165) is 32.1 Å². The lowest BCUT2D eigenvalue weighted by molar-refractivity contribution is -0.200. The van der Waals surface area contributed by atoms with Gasteiger partial charge in [0.15, 0.2) is 6.29 Å². The van der Waals surface area contributed by atoms with Gasteiger partial charge in [0.2, 0.25) is 5.91 Å². The van der Waals surface area contributed by atoms with E-state index in [-0.39, 0.29) is 12.2 Å². The summed E-state index contributed by atoms with van der Waals surface area (Å²) in [6.45, 7) is 2.93. The van der Waals surface area contributed by atoms with Gasteiger partial charge in [0, 0.05) is 19.4 Å². The van der Waals surface area contributed by atoms with Crippen LogP contribution >= 0.6 is 0 Å². The first-order valence-electron chi connectivity index (χ1n) is 9.40. The van der Waals surface area contributed by atoms with Crippen LogP contribution in [0.1, 0.15) is 76.2 Å². The fourth-order valence-corrected chi connectivity index (χ4v) is 3.14. The monoisotopic (exact) mass is 333 g/mol. The van der Waals surface area contributed by atoms with Crippen LogP contribution in [-0.2, 0) is 14.4 Å². The molecule has 0 saturated carbocycles. The highest BCUT2D eigenvalue weighted by molar-refractivity contribution is 5.74. The highest BCUT2D eigenvalue weighted by atomic mass is 16.8. The number of benzene rings is 1. The summed E-state index contributed by atoms with van der Waals surface area (Å²) >= 11 is 0. The molecule has 2 rings (SSSR count). The lowest BCUT2D eigenvalue weighted by Gasteiger charge is -2.22. The van der Waals surface area contributed by atoms with E-state index in [1.807, 2.05) is 6.07 Å². The Labute approximate surface area is 145 Å². The summed E-state index contributed by atoms with van der Waals surface area (Å²) in [5.74, 6) is 0.384. The average Bonchev–Trinajstić information content (AvgIpc) is 2.64. The molecule has 0 bridgehead atoms. The lowest BCUT2D eigenvalue weighted by Crippen LogP contribution is -2.33. The number of ether oxygens (including phenoxy) is 1. The third-order valence-corrected chi connectivity index (χ3v) is 4.59. The Bertz CT molecular complexity index is 457. The molecule has 2 atom stereocenters. The van der Waals surface area contributed by atoms with Crippen LogP contribution in [0.5, 0.6) is 0 Å². The number of hydroxylamine groups is 1. The summed E-state index contributed by atoms with van der Waals surface area (Å²) in [6.07, 6.45) is 8.89. The van der Waals surface area contributed by atoms with E-state index in [0.29, 0.717) is 18.9 Å². The van der Waals surface area contributed by atoms with Crippen molar-refractivity contribution in [2.75, 3.05) is 6.61 Å². The van der Waals surface area contributed by atoms with Crippen LogP contribution in [0.3, 0.4) is 0 Å². The molecule has 1 aromatic carbocycles. The molecule has 2 unspecified atom stereocenters. The molecule has 134 valence electrons. The van der Waals surface area contributed by atoms with E-state index < -0.39 is 0 Å². The minimum atomic E-state index is -0.280. The van der Waals surface area contributed by atoms with Crippen LogP contribution in [0.2, 0.25) is 0 Å². The first-order valence-corrected chi connectivity index (χ1v) is 9.40. The zero-order valence-electron chi connectivity index (χ0n) is 14.8. The van der Waals surface area contributed by atoms with Crippen LogP contribution in [0.15, 0.2) is 30.3 Å². The average molecular weight is 333 g/mol. The Hall–Kier alpha value is -1.39. The topological polar surface area (TPSA) is 47.6 Å². The van der Waals surface area contributed by atoms with Crippen molar-refractivity contribution in [3.8, 4) is 0 Å². The van der Waals surface area contributed by atoms with E-state index >= 15 is 0 Å². The number of carbonyl (C=O) groups excluding carboxylic acids is 1. The summed E-state index contributed by atoms with van der Waals surface area (Å²) in [4.78, 5) is 17.4. The van der Waals surface area contributed by atoms with Crippen molar-refractivity contribution in [2.45, 2.75) is 76.9 Å². The van der Waals surface area contributed by atoms with Crippen molar-refractivity contribution < 1.29 is 14.4 Å². The minimum absolute atomic E-state index is 0.0550. The summed E-state index contributed by atoms with van der Waals surface area (Å²) in [5.41, 5.74) is 3.89. The molecule has 4 heteroatoms. The van der Waals surface area contributed by atoms with Crippen LogP contribution < -0.4 is 5.48 Å². The third kappa shape index (κ3) is 7.02. The van der Waals surface area contributed by atoms with Gasteiger partial charge in [-0.1, -0.05) is 56.5 Å². The number of hydrogen-bond acceptors (Lipinski definition) is 3. The van der Waals surface area contributed by atoms with E-state index in [4.69, 9.17) is 9.57 Å². The molecule has 1 aliphatic rings. The van der Waals surface area contributed by atoms with Gasteiger partial charge in [0.1, 0.15) is 0 Å². The van der Waals surface area contributed by atoms with Crippen LogP contribution in [0, 0.1) is 0 Å². The molecule has 0 aliphatic carbocycles. The zero-order chi connectivity index (χ0) is 17.0. The molecule has 1 N–H and O–H groups in total. The lowest BCUT2D eigenvalue weighted by atomic mass is 9.89. The van der Waals surface area contributed by atoms with E-state index in [1.54, 1.807) is 0 Å². The molecule has 24 heavy (non-hydrogen) atoms. The number of rotatable bonds is 10. The molecule has 0 aromatic heterocycles. The fraction of sp³-hybridized carbons (Fsp3) is 0.650. The van der Waals surface area contributed by atoms with Crippen molar-refractivity contribution in [3.63, 3.8) is 0 Å². The largest absolute Gasteiger partial charge is 0.350 e. The van der Waals surface area contributed by atoms with E-state index in [1.165, 1.54) is 24.8 Å². The van der Waals surface area contributed by atoms with Gasteiger partial charge in [-0.2, -0.15) is 0 Å². The van der Waals surface area contributed by atoms with Gasteiger partial charge in [-0.15, -0.1) is 0 Å². The molecule has 1 aliphatic heterocycles. The third-order valence-electron chi connectivity index (χ3n) is 4.59. The molecular formula is C20H31NO3. The van der Waals surface area contributed by atoms with Gasteiger partial charge in [-0.05, 0) is 37.2 Å². The van der Waals surface area contributed by atoms with Gasteiger partial charge in [-0.3, -0.25) is 4.79 Å². The zero-order valence-corrected chi connectivity index (χ0v) is 14.8. The van der Waals surface area contributed by atoms with Gasteiger partial charge in [0.05, 0.1) is 0 Å². The molecule has 1 saturated heterocycles. The fourth-order valence-electron chi connectivity index (χ4n) is 3.14. The molecule has 0 radical (unpaired) electrons. The first-order chi connectivity index (χ1) is 11.8.